The van der Waals surface area contributed by atoms with Crippen LogP contribution in [0.15, 0.2) is 36.5 Å². The van der Waals surface area contributed by atoms with Crippen molar-refractivity contribution in [3.05, 3.63) is 36.5 Å². The molecule has 20 heavy (non-hydrogen) atoms. The zero-order chi connectivity index (χ0) is 14.9. The molecule has 0 saturated heterocycles. The third kappa shape index (κ3) is 17.2. The van der Waals surface area contributed by atoms with Crippen LogP contribution < -0.4 is 0 Å². The monoisotopic (exact) mass is 296 g/mol. The third-order valence-corrected chi connectivity index (χ3v) is 3.24. The Labute approximate surface area is 129 Å². The normalized spacial score (nSPS) is 12.1. The largest absolute Gasteiger partial charge is 0.281 e. The number of carbonyl (C=O) groups is 1. The highest BCUT2D eigenvalue weighted by Crippen LogP contribution is 2.09. The highest BCUT2D eigenvalue weighted by molar-refractivity contribution is 6.63. The minimum Gasteiger partial charge on any atom is -0.281 e. The van der Waals surface area contributed by atoms with Crippen molar-refractivity contribution >= 4 is 16.8 Å². The fourth-order valence-electron chi connectivity index (χ4n) is 1.90. The molecule has 0 aliphatic rings. The van der Waals surface area contributed by atoms with E-state index in [1.807, 2.05) is 0 Å². The summed E-state index contributed by atoms with van der Waals surface area (Å²) in [4.78, 5) is 10.5. The van der Waals surface area contributed by atoms with Crippen molar-refractivity contribution < 1.29 is 4.79 Å². The van der Waals surface area contributed by atoms with E-state index in [0.717, 1.165) is 25.7 Å². The molecule has 0 rings (SSSR count). The van der Waals surface area contributed by atoms with Crippen molar-refractivity contribution in [2.75, 3.05) is 0 Å². The summed E-state index contributed by atoms with van der Waals surface area (Å²) >= 11 is 5.28. The lowest BCUT2D eigenvalue weighted by Crippen LogP contribution is -1.86. The summed E-state index contributed by atoms with van der Waals surface area (Å²) in [5.41, 5.74) is 0. The van der Waals surface area contributed by atoms with E-state index >= 15 is 0 Å². The summed E-state index contributed by atoms with van der Waals surface area (Å²) in [6, 6.07) is 0. The van der Waals surface area contributed by atoms with Gasteiger partial charge in [-0.15, -0.1) is 0 Å². The van der Waals surface area contributed by atoms with Crippen molar-refractivity contribution in [2.45, 2.75) is 71.1 Å². The molecule has 0 atom stereocenters. The Morgan fingerprint density at radius 2 is 1.50 bits per heavy atom. The molecule has 0 bridgehead atoms. The van der Waals surface area contributed by atoms with Gasteiger partial charge in [0.05, 0.1) is 0 Å². The van der Waals surface area contributed by atoms with Crippen molar-refractivity contribution in [1.82, 2.24) is 0 Å². The van der Waals surface area contributed by atoms with E-state index in [0.29, 0.717) is 6.42 Å². The van der Waals surface area contributed by atoms with Gasteiger partial charge in [0.25, 0.3) is 0 Å². The van der Waals surface area contributed by atoms with Crippen molar-refractivity contribution in [3.8, 4) is 0 Å². The lowest BCUT2D eigenvalue weighted by atomic mass is 10.1. The van der Waals surface area contributed by atoms with Crippen LogP contribution in [0.3, 0.4) is 0 Å². The average molecular weight is 297 g/mol. The molecule has 2 heteroatoms. The van der Waals surface area contributed by atoms with Gasteiger partial charge in [0.1, 0.15) is 0 Å². The predicted octanol–water partition coefficient (Wildman–Crippen LogP) is 6.34. The zero-order valence-electron chi connectivity index (χ0n) is 12.8. The molecule has 0 N–H and O–H groups in total. The van der Waals surface area contributed by atoms with Gasteiger partial charge in [0.2, 0.25) is 5.24 Å². The summed E-state index contributed by atoms with van der Waals surface area (Å²) in [5, 5.41) is -0.200. The Morgan fingerprint density at radius 3 is 2.20 bits per heavy atom. The van der Waals surface area contributed by atoms with Crippen LogP contribution in [-0.4, -0.2) is 5.24 Å². The molecule has 0 aromatic carbocycles. The molecule has 1 nitrogen and oxygen atoms in total. The molecule has 0 fully saturated rings. The molecular formula is C18H29ClO. The second kappa shape index (κ2) is 16.2. The molecule has 0 unspecified atom stereocenters. The molecule has 0 aliphatic heterocycles. The van der Waals surface area contributed by atoms with Gasteiger partial charge < -0.3 is 0 Å². The molecule has 114 valence electrons. The number of unbranched alkanes of at least 4 members (excludes halogenated alkanes) is 6. The molecule has 0 amide bonds. The van der Waals surface area contributed by atoms with Crippen LogP contribution in [0.25, 0.3) is 0 Å². The van der Waals surface area contributed by atoms with Crippen molar-refractivity contribution in [2.24, 2.45) is 0 Å². The van der Waals surface area contributed by atoms with Crippen LogP contribution in [-0.2, 0) is 4.79 Å². The fourth-order valence-corrected chi connectivity index (χ4v) is 2.03. The summed E-state index contributed by atoms with van der Waals surface area (Å²) in [6.45, 7) is 2.14. The smallest absolute Gasteiger partial charge is 0.221 e. The van der Waals surface area contributed by atoms with E-state index in [1.54, 1.807) is 0 Å². The minimum atomic E-state index is -0.200. The molecule has 0 heterocycles. The van der Waals surface area contributed by atoms with Crippen molar-refractivity contribution in [3.63, 3.8) is 0 Å². The number of carbonyl (C=O) groups excluding carboxylic acids is 1. The maximum absolute atomic E-state index is 10.5. The van der Waals surface area contributed by atoms with Gasteiger partial charge in [-0.1, -0.05) is 69.1 Å². The highest BCUT2D eigenvalue weighted by Gasteiger charge is 1.95. The van der Waals surface area contributed by atoms with Crippen molar-refractivity contribution in [1.29, 1.82) is 0 Å². The lowest BCUT2D eigenvalue weighted by Gasteiger charge is -1.99. The maximum atomic E-state index is 10.5. The standard InChI is InChI=1S/C18H29ClO/c1-2-3-4-5-6-7-8-9-10-11-12-13-14-15-16-17-18(19)20/h3-6,8-9H,2,7,10-17H2,1H3. The zero-order valence-corrected chi connectivity index (χ0v) is 13.6. The molecular weight excluding hydrogens is 268 g/mol. The Bertz CT molecular complexity index is 303. The number of allylic oxidation sites excluding steroid dienone is 6. The quantitative estimate of drug-likeness (QED) is 0.168. The lowest BCUT2D eigenvalue weighted by molar-refractivity contribution is -0.111. The minimum absolute atomic E-state index is 0.200. The first-order valence-corrected chi connectivity index (χ1v) is 8.30. The Morgan fingerprint density at radius 1 is 0.850 bits per heavy atom. The summed E-state index contributed by atoms with van der Waals surface area (Å²) in [7, 11) is 0. The first-order valence-electron chi connectivity index (χ1n) is 7.92. The van der Waals surface area contributed by atoms with E-state index in [-0.39, 0.29) is 5.24 Å². The molecule has 0 saturated carbocycles. The van der Waals surface area contributed by atoms with E-state index in [1.165, 1.54) is 32.1 Å². The number of rotatable bonds is 13. The average Bonchev–Trinajstić information content (AvgIpc) is 2.43. The SMILES string of the molecule is CCC=CC=CCC=CCCCCCCCCC(=O)Cl. The Balaban J connectivity index is 3.21. The van der Waals surface area contributed by atoms with Gasteiger partial charge in [-0.3, -0.25) is 4.79 Å². The Hall–Kier alpha value is -0.820. The van der Waals surface area contributed by atoms with E-state index in [9.17, 15) is 4.79 Å². The third-order valence-electron chi connectivity index (χ3n) is 3.05. The van der Waals surface area contributed by atoms with E-state index in [2.05, 4.69) is 43.4 Å². The number of halogens is 1. The second-order valence-corrected chi connectivity index (χ2v) is 5.41. The van der Waals surface area contributed by atoms with Crippen LogP contribution >= 0.6 is 11.6 Å². The molecule has 0 aliphatic carbocycles. The van der Waals surface area contributed by atoms with Crippen LogP contribution in [0, 0.1) is 0 Å². The molecule has 0 aromatic rings. The van der Waals surface area contributed by atoms with Gasteiger partial charge in [-0.05, 0) is 43.7 Å². The molecule has 0 aromatic heterocycles. The van der Waals surface area contributed by atoms with E-state index < -0.39 is 0 Å². The highest BCUT2D eigenvalue weighted by atomic mass is 35.5. The van der Waals surface area contributed by atoms with Gasteiger partial charge in [0, 0.05) is 6.42 Å². The van der Waals surface area contributed by atoms with Gasteiger partial charge in [0.15, 0.2) is 0 Å². The van der Waals surface area contributed by atoms with Gasteiger partial charge >= 0.3 is 0 Å². The summed E-state index contributed by atoms with van der Waals surface area (Å²) in [5.74, 6) is 0. The van der Waals surface area contributed by atoms with Crippen LogP contribution in [0.2, 0.25) is 0 Å². The predicted molar refractivity (Wildman–Crippen MR) is 90.1 cm³/mol. The number of hydrogen-bond donors (Lipinski definition) is 0. The van der Waals surface area contributed by atoms with Crippen LogP contribution in [0.1, 0.15) is 71.1 Å². The van der Waals surface area contributed by atoms with Crippen LogP contribution in [0.5, 0.6) is 0 Å². The van der Waals surface area contributed by atoms with Crippen LogP contribution in [0.4, 0.5) is 0 Å². The maximum Gasteiger partial charge on any atom is 0.221 e. The first-order chi connectivity index (χ1) is 9.77. The first kappa shape index (κ1) is 19.2. The second-order valence-electron chi connectivity index (χ2n) is 4.99. The summed E-state index contributed by atoms with van der Waals surface area (Å²) in [6.07, 6.45) is 24.0. The van der Waals surface area contributed by atoms with E-state index in [4.69, 9.17) is 11.6 Å². The summed E-state index contributed by atoms with van der Waals surface area (Å²) < 4.78 is 0. The fraction of sp³-hybridized carbons (Fsp3) is 0.611. The topological polar surface area (TPSA) is 17.1 Å². The number of hydrogen-bond acceptors (Lipinski definition) is 1. The molecule has 0 spiro atoms. The van der Waals surface area contributed by atoms with Gasteiger partial charge in [-0.2, -0.15) is 0 Å². The van der Waals surface area contributed by atoms with Gasteiger partial charge in [-0.25, -0.2) is 0 Å². The molecule has 0 radical (unpaired) electrons. The Kier molecular flexibility index (Phi) is 15.6.